The van der Waals surface area contributed by atoms with E-state index in [4.69, 9.17) is 26.8 Å². The van der Waals surface area contributed by atoms with Crippen molar-refractivity contribution in [2.45, 2.75) is 32.2 Å². The highest BCUT2D eigenvalue weighted by Crippen LogP contribution is 2.40. The fraction of sp³-hybridized carbons (Fsp3) is 0.172. The Labute approximate surface area is 213 Å². The molecule has 1 aliphatic heterocycles. The molecule has 0 spiro atoms. The Hall–Kier alpha value is -4.03. The summed E-state index contributed by atoms with van der Waals surface area (Å²) in [7, 11) is 0. The van der Waals surface area contributed by atoms with E-state index in [1.807, 2.05) is 85.8 Å². The molecule has 1 amide bonds. The zero-order valence-electron chi connectivity index (χ0n) is 19.7. The van der Waals surface area contributed by atoms with Gasteiger partial charge in [0.25, 0.3) is 0 Å². The molecule has 0 saturated heterocycles. The van der Waals surface area contributed by atoms with E-state index in [2.05, 4.69) is 0 Å². The molecule has 0 radical (unpaired) electrons. The number of hydrogen-bond donors (Lipinski definition) is 1. The van der Waals surface area contributed by atoms with Crippen molar-refractivity contribution in [2.24, 2.45) is 5.10 Å². The van der Waals surface area contributed by atoms with E-state index < -0.39 is 5.97 Å². The topological polar surface area (TPSA) is 82.9 Å². The predicted molar refractivity (Wildman–Crippen MR) is 141 cm³/mol. The minimum Gasteiger partial charge on any atom is -0.481 e. The summed E-state index contributed by atoms with van der Waals surface area (Å²) in [6.07, 6.45) is 0.120. The second kappa shape index (κ2) is 9.91. The Bertz CT molecular complexity index is 1490. The van der Waals surface area contributed by atoms with Crippen LogP contribution in [0.4, 0.5) is 0 Å². The maximum absolute atomic E-state index is 13.1. The average Bonchev–Trinajstić information content (AvgIpc) is 3.33. The van der Waals surface area contributed by atoms with Crippen molar-refractivity contribution < 1.29 is 14.7 Å². The highest BCUT2D eigenvalue weighted by molar-refractivity contribution is 6.31. The average molecular weight is 498 g/mol. The van der Waals surface area contributed by atoms with Crippen molar-refractivity contribution in [3.63, 3.8) is 0 Å². The number of benzene rings is 3. The van der Waals surface area contributed by atoms with Gasteiger partial charge in [0.05, 0.1) is 23.7 Å². The number of carbonyl (C=O) groups is 2. The van der Waals surface area contributed by atoms with Gasteiger partial charge in [0.15, 0.2) is 0 Å². The van der Waals surface area contributed by atoms with Crippen LogP contribution in [0.5, 0.6) is 0 Å². The minimum absolute atomic E-state index is 0.119. The number of amides is 1. The van der Waals surface area contributed by atoms with Crippen molar-refractivity contribution in [3.05, 3.63) is 101 Å². The molecule has 4 aromatic rings. The van der Waals surface area contributed by atoms with Gasteiger partial charge in [-0.05, 0) is 36.2 Å². The first-order valence-corrected chi connectivity index (χ1v) is 12.1. The summed E-state index contributed by atoms with van der Waals surface area (Å²) in [6.45, 7) is 1.95. The Morgan fingerprint density at radius 2 is 1.67 bits per heavy atom. The normalized spacial score (nSPS) is 15.2. The number of carboxylic acid groups (broad SMARTS) is 1. The number of pyridine rings is 1. The summed E-state index contributed by atoms with van der Waals surface area (Å²) in [5.74, 6) is -1.34. The quantitative estimate of drug-likeness (QED) is 0.334. The van der Waals surface area contributed by atoms with Crippen LogP contribution in [0.3, 0.4) is 0 Å². The molecule has 1 atom stereocenters. The molecule has 7 heteroatoms. The first kappa shape index (κ1) is 23.7. The molecule has 0 saturated carbocycles. The van der Waals surface area contributed by atoms with Gasteiger partial charge in [0.1, 0.15) is 0 Å². The molecule has 6 nitrogen and oxygen atoms in total. The Balaban J connectivity index is 1.69. The molecular weight excluding hydrogens is 474 g/mol. The fourth-order valence-corrected chi connectivity index (χ4v) is 4.94. The van der Waals surface area contributed by atoms with Crippen molar-refractivity contribution in [1.82, 2.24) is 9.99 Å². The zero-order valence-corrected chi connectivity index (χ0v) is 20.4. The van der Waals surface area contributed by atoms with Crippen LogP contribution in [0.15, 0.2) is 84.0 Å². The van der Waals surface area contributed by atoms with Crippen molar-refractivity contribution >= 4 is 40.1 Å². The molecule has 0 fully saturated rings. The molecule has 3 aromatic carbocycles. The van der Waals surface area contributed by atoms with E-state index >= 15 is 0 Å². The van der Waals surface area contributed by atoms with Crippen LogP contribution in [0.2, 0.25) is 5.02 Å². The number of carbonyl (C=O) groups excluding carboxylic acids is 1. The Morgan fingerprint density at radius 3 is 2.36 bits per heavy atom. The Kier molecular flexibility index (Phi) is 6.53. The third kappa shape index (κ3) is 4.60. The summed E-state index contributed by atoms with van der Waals surface area (Å²) in [5, 5.41) is 16.9. The third-order valence-corrected chi connectivity index (χ3v) is 6.62. The second-order valence-corrected chi connectivity index (χ2v) is 9.22. The molecule has 180 valence electrons. The van der Waals surface area contributed by atoms with E-state index in [0.29, 0.717) is 11.4 Å². The van der Waals surface area contributed by atoms with Crippen molar-refractivity contribution in [2.75, 3.05) is 0 Å². The summed E-state index contributed by atoms with van der Waals surface area (Å²) in [6, 6.07) is 25.0. The van der Waals surface area contributed by atoms with Crippen LogP contribution < -0.4 is 0 Å². The van der Waals surface area contributed by atoms with Crippen LogP contribution in [-0.2, 0) is 9.59 Å². The minimum atomic E-state index is -1.01. The highest BCUT2D eigenvalue weighted by atomic mass is 35.5. The maximum atomic E-state index is 13.1. The molecule has 1 unspecified atom stereocenters. The van der Waals surface area contributed by atoms with Gasteiger partial charge >= 0.3 is 5.97 Å². The molecule has 1 aromatic heterocycles. The second-order valence-electron chi connectivity index (χ2n) is 8.78. The predicted octanol–water partition coefficient (Wildman–Crippen LogP) is 6.41. The number of carboxylic acids is 1. The number of halogens is 1. The summed E-state index contributed by atoms with van der Waals surface area (Å²) in [5.41, 5.74) is 6.13. The SMILES string of the molecule is Cc1nc2ccc(Cl)cc2c(-c2ccccc2)c1C1=NN(C(=O)CCC(=O)O)C(c2ccccc2)C1. The number of fused-ring (bicyclic) bond motifs is 1. The van der Waals surface area contributed by atoms with E-state index in [0.717, 1.165) is 44.6 Å². The van der Waals surface area contributed by atoms with Gasteiger partial charge in [-0.15, -0.1) is 0 Å². The van der Waals surface area contributed by atoms with Gasteiger partial charge in [-0.3, -0.25) is 14.6 Å². The number of hydrogen-bond acceptors (Lipinski definition) is 4. The van der Waals surface area contributed by atoms with E-state index in [9.17, 15) is 9.59 Å². The Morgan fingerprint density at radius 1 is 0.972 bits per heavy atom. The number of aromatic nitrogens is 1. The molecule has 36 heavy (non-hydrogen) atoms. The lowest BCUT2D eigenvalue weighted by atomic mass is 9.89. The smallest absolute Gasteiger partial charge is 0.303 e. The van der Waals surface area contributed by atoms with Crippen LogP contribution in [0.25, 0.3) is 22.0 Å². The number of rotatable bonds is 6. The molecular formula is C29H24ClN3O3. The number of aliphatic carboxylic acids is 1. The lowest BCUT2D eigenvalue weighted by Gasteiger charge is -2.21. The summed E-state index contributed by atoms with van der Waals surface area (Å²) >= 11 is 6.40. The van der Waals surface area contributed by atoms with Crippen molar-refractivity contribution in [1.29, 1.82) is 0 Å². The van der Waals surface area contributed by atoms with Gasteiger partial charge in [-0.2, -0.15) is 5.10 Å². The van der Waals surface area contributed by atoms with Crippen LogP contribution in [0, 0.1) is 6.92 Å². The largest absolute Gasteiger partial charge is 0.481 e. The number of hydrazone groups is 1. The molecule has 1 aliphatic rings. The molecule has 2 heterocycles. The van der Waals surface area contributed by atoms with Gasteiger partial charge in [0.2, 0.25) is 5.91 Å². The first-order valence-electron chi connectivity index (χ1n) is 11.7. The van der Waals surface area contributed by atoms with Crippen LogP contribution in [0.1, 0.15) is 42.1 Å². The number of nitrogens with zero attached hydrogens (tertiary/aromatic N) is 3. The van der Waals surface area contributed by atoms with Crippen LogP contribution in [-0.4, -0.2) is 32.7 Å². The molecule has 1 N–H and O–H groups in total. The lowest BCUT2D eigenvalue weighted by molar-refractivity contribution is -0.141. The highest BCUT2D eigenvalue weighted by Gasteiger charge is 2.35. The van der Waals surface area contributed by atoms with Gasteiger partial charge in [0, 0.05) is 40.1 Å². The summed E-state index contributed by atoms with van der Waals surface area (Å²) < 4.78 is 0. The van der Waals surface area contributed by atoms with Crippen LogP contribution >= 0.6 is 11.6 Å². The monoisotopic (exact) mass is 497 g/mol. The maximum Gasteiger partial charge on any atom is 0.303 e. The third-order valence-electron chi connectivity index (χ3n) is 6.38. The standard InChI is InChI=1S/C29H24ClN3O3/c1-18-28(29(20-10-6-3-7-11-20)22-16-21(30)12-13-23(22)31-18)24-17-25(19-8-4-2-5-9-19)33(32-24)26(34)14-15-27(35)36/h2-13,16,25H,14-15,17H2,1H3,(H,35,36). The first-order chi connectivity index (χ1) is 17.4. The zero-order chi connectivity index (χ0) is 25.2. The summed E-state index contributed by atoms with van der Waals surface area (Å²) in [4.78, 5) is 29.1. The van der Waals surface area contributed by atoms with E-state index in [-0.39, 0.29) is 24.8 Å². The molecule has 0 aliphatic carbocycles. The van der Waals surface area contributed by atoms with E-state index in [1.54, 1.807) is 0 Å². The lowest BCUT2D eigenvalue weighted by Crippen LogP contribution is -2.27. The van der Waals surface area contributed by atoms with E-state index in [1.165, 1.54) is 5.01 Å². The molecule has 5 rings (SSSR count). The van der Waals surface area contributed by atoms with Gasteiger partial charge in [-0.25, -0.2) is 5.01 Å². The molecule has 0 bridgehead atoms. The van der Waals surface area contributed by atoms with Crippen molar-refractivity contribution in [3.8, 4) is 11.1 Å². The number of aryl methyl sites for hydroxylation is 1. The van der Waals surface area contributed by atoms with Gasteiger partial charge < -0.3 is 5.11 Å². The van der Waals surface area contributed by atoms with Gasteiger partial charge in [-0.1, -0.05) is 72.3 Å². The fourth-order valence-electron chi connectivity index (χ4n) is 4.77.